The molecule has 4 rings (SSSR count). The van der Waals surface area contributed by atoms with Crippen LogP contribution in [0.3, 0.4) is 0 Å². The van der Waals surface area contributed by atoms with Crippen LogP contribution in [0.4, 0.5) is 5.69 Å². The zero-order chi connectivity index (χ0) is 24.9. The summed E-state index contributed by atoms with van der Waals surface area (Å²) in [6.45, 7) is 2.19. The van der Waals surface area contributed by atoms with Crippen LogP contribution in [0.5, 0.6) is 0 Å². The molecule has 1 unspecified atom stereocenters. The number of hydrogen-bond donors (Lipinski definition) is 3. The Balaban J connectivity index is 1.57. The Hall–Kier alpha value is -2.98. The number of carbonyl (C=O) groups is 2. The Bertz CT molecular complexity index is 1320. The smallest absolute Gasteiger partial charge is 0.274 e. The Morgan fingerprint density at radius 2 is 1.94 bits per heavy atom. The van der Waals surface area contributed by atoms with Crippen molar-refractivity contribution in [2.45, 2.75) is 25.3 Å². The second-order valence-corrected chi connectivity index (χ2v) is 9.51. The number of alkyl halides is 1. The van der Waals surface area contributed by atoms with E-state index in [0.29, 0.717) is 39.7 Å². The molecule has 0 saturated carbocycles. The highest BCUT2D eigenvalue weighted by molar-refractivity contribution is 9.10. The van der Waals surface area contributed by atoms with Crippen molar-refractivity contribution in [3.8, 4) is 0 Å². The monoisotopic (exact) mass is 574 g/mol. The van der Waals surface area contributed by atoms with E-state index in [4.69, 9.17) is 23.2 Å². The quantitative estimate of drug-likeness (QED) is 0.282. The largest absolute Gasteiger partial charge is 0.320 e. The molecule has 0 bridgehead atoms. The highest BCUT2D eigenvalue weighted by Crippen LogP contribution is 2.27. The van der Waals surface area contributed by atoms with Crippen LogP contribution in [0, 0.1) is 6.92 Å². The summed E-state index contributed by atoms with van der Waals surface area (Å²) in [5, 5.41) is 7.09. The van der Waals surface area contributed by atoms with Gasteiger partial charge in [-0.3, -0.25) is 15.0 Å². The third-order valence-electron chi connectivity index (χ3n) is 5.19. The van der Waals surface area contributed by atoms with Gasteiger partial charge in [-0.25, -0.2) is 15.1 Å². The molecule has 3 N–H and O–H groups in total. The molecule has 0 fully saturated rings. The molecular formula is C24H21BrCl2N6O2. The van der Waals surface area contributed by atoms with Gasteiger partial charge in [0.15, 0.2) is 0 Å². The molecule has 3 aromatic rings. The second-order valence-electron chi connectivity index (χ2n) is 7.73. The van der Waals surface area contributed by atoms with E-state index in [0.717, 1.165) is 5.56 Å². The molecule has 2 heterocycles. The van der Waals surface area contributed by atoms with Crippen molar-refractivity contribution in [3.63, 3.8) is 0 Å². The average Bonchev–Trinajstić information content (AvgIpc) is 3.23. The topological polar surface area (TPSA) is 100 Å². The van der Waals surface area contributed by atoms with Crippen molar-refractivity contribution in [1.29, 1.82) is 0 Å². The molecule has 0 aliphatic carbocycles. The van der Waals surface area contributed by atoms with Gasteiger partial charge in [-0.1, -0.05) is 48.0 Å². The van der Waals surface area contributed by atoms with Crippen LogP contribution in [-0.2, 0) is 6.54 Å². The normalized spacial score (nSPS) is 15.0. The fourth-order valence-electron chi connectivity index (χ4n) is 3.53. The molecule has 1 aliphatic rings. The number of aromatic nitrogens is 2. The highest BCUT2D eigenvalue weighted by atomic mass is 79.9. The number of benzene rings is 2. The Labute approximate surface area is 220 Å². The molecule has 0 saturated heterocycles. The third kappa shape index (κ3) is 5.99. The van der Waals surface area contributed by atoms with Gasteiger partial charge in [0.2, 0.25) is 0 Å². The first-order valence-corrected chi connectivity index (χ1v) is 12.3. The first kappa shape index (κ1) is 25.1. The molecule has 35 heavy (non-hydrogen) atoms. The van der Waals surface area contributed by atoms with Gasteiger partial charge in [0, 0.05) is 23.8 Å². The van der Waals surface area contributed by atoms with Crippen molar-refractivity contribution in [2.24, 2.45) is 4.99 Å². The molecule has 8 nitrogen and oxygen atoms in total. The van der Waals surface area contributed by atoms with Crippen molar-refractivity contribution in [1.82, 2.24) is 20.6 Å². The Morgan fingerprint density at radius 3 is 2.69 bits per heavy atom. The number of hydrogen-bond acceptors (Lipinski definition) is 5. The van der Waals surface area contributed by atoms with Crippen molar-refractivity contribution >= 4 is 62.5 Å². The summed E-state index contributed by atoms with van der Waals surface area (Å²) in [6, 6.07) is 14.4. The van der Waals surface area contributed by atoms with Crippen LogP contribution in [0.25, 0.3) is 0 Å². The number of carbonyl (C=O) groups excluding carboxylic acids is 2. The van der Waals surface area contributed by atoms with Crippen LogP contribution in [0.2, 0.25) is 5.02 Å². The number of amides is 2. The van der Waals surface area contributed by atoms with Crippen molar-refractivity contribution in [3.05, 3.63) is 92.8 Å². The number of allylic oxidation sites excluding steroid dienone is 1. The fraction of sp³-hybridized carbons (Fsp3) is 0.167. The summed E-state index contributed by atoms with van der Waals surface area (Å²) >= 11 is 15.9. The van der Waals surface area contributed by atoms with E-state index in [1.165, 1.54) is 10.7 Å². The highest BCUT2D eigenvalue weighted by Gasteiger charge is 2.25. The number of anilines is 1. The maximum Gasteiger partial charge on any atom is 0.274 e. The number of aliphatic imine (C=N–C) groups is 1. The van der Waals surface area contributed by atoms with E-state index in [-0.39, 0.29) is 11.3 Å². The van der Waals surface area contributed by atoms with Crippen molar-refractivity contribution in [2.75, 3.05) is 5.32 Å². The van der Waals surface area contributed by atoms with E-state index in [9.17, 15) is 9.59 Å². The van der Waals surface area contributed by atoms with Crippen LogP contribution in [0.1, 0.15) is 38.4 Å². The van der Waals surface area contributed by atoms with E-state index < -0.39 is 17.2 Å². The molecule has 1 aromatic heterocycles. The van der Waals surface area contributed by atoms with Gasteiger partial charge >= 0.3 is 0 Å². The summed E-state index contributed by atoms with van der Waals surface area (Å²) in [5.41, 5.74) is 7.93. The second kappa shape index (κ2) is 11.2. The lowest BCUT2D eigenvalue weighted by atomic mass is 10.1. The third-order valence-corrected chi connectivity index (χ3v) is 6.16. The molecular weight excluding hydrogens is 555 g/mol. The molecule has 1 atom stereocenters. The van der Waals surface area contributed by atoms with Gasteiger partial charge < -0.3 is 5.32 Å². The van der Waals surface area contributed by atoms with E-state index in [1.807, 2.05) is 36.4 Å². The zero-order valence-electron chi connectivity index (χ0n) is 18.6. The van der Waals surface area contributed by atoms with Gasteiger partial charge in [0.1, 0.15) is 16.1 Å². The number of halogens is 3. The SMILES string of the molecule is Cc1cc(Cl)cc(C(=O)NNCc2ccccc2)c1NC(=O)c1cc(Br)nn1C1=NC=CCC1Cl. The fourth-order valence-corrected chi connectivity index (χ4v) is 4.43. The minimum Gasteiger partial charge on any atom is -0.320 e. The van der Waals surface area contributed by atoms with E-state index in [1.54, 1.807) is 25.3 Å². The van der Waals surface area contributed by atoms with Gasteiger partial charge in [0.05, 0.1) is 16.6 Å². The maximum atomic E-state index is 13.3. The molecule has 11 heteroatoms. The molecule has 180 valence electrons. The molecule has 1 aliphatic heterocycles. The first-order chi connectivity index (χ1) is 16.8. The predicted molar refractivity (Wildman–Crippen MR) is 141 cm³/mol. The summed E-state index contributed by atoms with van der Waals surface area (Å²) in [5.74, 6) is -0.499. The van der Waals surface area contributed by atoms with Crippen molar-refractivity contribution < 1.29 is 9.59 Å². The Kier molecular flexibility index (Phi) is 8.02. The molecule has 2 aromatic carbocycles. The maximum absolute atomic E-state index is 13.3. The summed E-state index contributed by atoms with van der Waals surface area (Å²) < 4.78 is 1.84. The molecule has 0 spiro atoms. The van der Waals surface area contributed by atoms with Gasteiger partial charge in [0.25, 0.3) is 11.8 Å². The lowest BCUT2D eigenvalue weighted by Gasteiger charge is -2.18. The molecule has 0 radical (unpaired) electrons. The van der Waals surface area contributed by atoms with E-state index in [2.05, 4.69) is 42.2 Å². The number of hydrazine groups is 1. The van der Waals surface area contributed by atoms with Crippen LogP contribution in [-0.4, -0.2) is 32.8 Å². The van der Waals surface area contributed by atoms with Gasteiger partial charge in [-0.2, -0.15) is 5.10 Å². The first-order valence-electron chi connectivity index (χ1n) is 10.6. The van der Waals surface area contributed by atoms with Gasteiger partial charge in [-0.05, 0) is 52.5 Å². The summed E-state index contributed by atoms with van der Waals surface area (Å²) in [7, 11) is 0. The van der Waals surface area contributed by atoms with Gasteiger partial charge in [-0.15, -0.1) is 11.6 Å². The minimum atomic E-state index is -0.485. The zero-order valence-corrected chi connectivity index (χ0v) is 21.7. The molecule has 2 amide bonds. The summed E-state index contributed by atoms with van der Waals surface area (Å²) in [6.07, 6.45) is 4.03. The van der Waals surface area contributed by atoms with E-state index >= 15 is 0 Å². The lowest BCUT2D eigenvalue weighted by molar-refractivity contribution is 0.0933. The lowest BCUT2D eigenvalue weighted by Crippen LogP contribution is -2.37. The van der Waals surface area contributed by atoms with Crippen LogP contribution in [0.15, 0.2) is 70.4 Å². The number of nitrogens with zero attached hydrogens (tertiary/aromatic N) is 3. The number of rotatable bonds is 6. The standard InChI is InChI=1S/C24H21BrCl2N6O2/c1-14-10-16(26)11-17(23(34)31-29-13-15-6-3-2-4-7-15)21(14)30-24(35)19-12-20(25)32-33(19)22-18(27)8-5-9-28-22/h2-7,9-12,18,29H,8,13H2,1H3,(H,30,35)(H,31,34). The minimum absolute atomic E-state index is 0.208. The summed E-state index contributed by atoms with van der Waals surface area (Å²) in [4.78, 5) is 30.6. The number of aryl methyl sites for hydroxylation is 1. The average molecular weight is 576 g/mol. The Morgan fingerprint density at radius 1 is 1.17 bits per heavy atom. The number of nitrogens with one attached hydrogen (secondary N) is 3. The van der Waals surface area contributed by atoms with Crippen LogP contribution < -0.4 is 16.2 Å². The van der Waals surface area contributed by atoms with Crippen LogP contribution >= 0.6 is 39.1 Å². The predicted octanol–water partition coefficient (Wildman–Crippen LogP) is 5.07.